The van der Waals surface area contributed by atoms with Crippen LogP contribution >= 0.6 is 11.6 Å². The second-order valence-corrected chi connectivity index (χ2v) is 5.39. The second kappa shape index (κ2) is 7.72. The Bertz CT molecular complexity index is 910. The molecular weight excluding hydrogens is 347 g/mol. The maximum Gasteiger partial charge on any atom is 0.331 e. The van der Waals surface area contributed by atoms with Gasteiger partial charge in [0.1, 0.15) is 5.82 Å². The van der Waals surface area contributed by atoms with Crippen LogP contribution in [0.1, 0.15) is 11.5 Å². The molecule has 0 amide bonds. The third-order valence-corrected chi connectivity index (χ3v) is 3.47. The maximum absolute atomic E-state index is 13.1. The Labute approximate surface area is 147 Å². The number of ether oxygens (including phenoxy) is 1. The lowest BCUT2D eigenvalue weighted by molar-refractivity contribution is -0.139. The first-order chi connectivity index (χ1) is 12.1. The van der Waals surface area contributed by atoms with Gasteiger partial charge in [-0.1, -0.05) is 35.9 Å². The molecule has 7 heteroatoms. The van der Waals surface area contributed by atoms with Crippen molar-refractivity contribution in [1.82, 2.24) is 10.2 Å². The topological polar surface area (TPSA) is 65.2 Å². The summed E-state index contributed by atoms with van der Waals surface area (Å²) in [6.45, 7) is -0.146. The van der Waals surface area contributed by atoms with E-state index in [2.05, 4.69) is 10.2 Å². The first-order valence-corrected chi connectivity index (χ1v) is 7.67. The molecule has 3 aromatic rings. The second-order valence-electron chi connectivity index (χ2n) is 4.98. The Morgan fingerprint density at radius 3 is 2.76 bits per heavy atom. The highest BCUT2D eigenvalue weighted by Gasteiger charge is 2.09. The van der Waals surface area contributed by atoms with Crippen LogP contribution in [0.15, 0.2) is 59.0 Å². The van der Waals surface area contributed by atoms with E-state index in [0.717, 1.165) is 5.56 Å². The number of benzene rings is 2. The van der Waals surface area contributed by atoms with E-state index in [1.807, 2.05) is 30.3 Å². The SMILES string of the molecule is O=C(/C=C/c1ccc(F)c(Cl)c1)OCc1nnc(-c2ccccc2)o1. The number of hydrogen-bond acceptors (Lipinski definition) is 5. The highest BCUT2D eigenvalue weighted by atomic mass is 35.5. The predicted octanol–water partition coefficient (Wildman–Crippen LogP) is 4.29. The van der Waals surface area contributed by atoms with E-state index in [1.54, 1.807) is 0 Å². The average molecular weight is 359 g/mol. The van der Waals surface area contributed by atoms with Crippen molar-refractivity contribution >= 4 is 23.6 Å². The fraction of sp³-hybridized carbons (Fsp3) is 0.0556. The van der Waals surface area contributed by atoms with E-state index in [0.29, 0.717) is 11.5 Å². The van der Waals surface area contributed by atoms with Crippen LogP contribution in [0.4, 0.5) is 4.39 Å². The number of hydrogen-bond donors (Lipinski definition) is 0. The summed E-state index contributed by atoms with van der Waals surface area (Å²) in [5.74, 6) is -0.583. The monoisotopic (exact) mass is 358 g/mol. The molecule has 0 aliphatic carbocycles. The molecule has 126 valence electrons. The van der Waals surface area contributed by atoms with Crippen molar-refractivity contribution < 1.29 is 18.3 Å². The standard InChI is InChI=1S/C18H12ClFN2O3/c19-14-10-12(6-8-15(14)20)7-9-17(23)24-11-16-21-22-18(25-16)13-4-2-1-3-5-13/h1-10H,11H2/b9-7+. The summed E-state index contributed by atoms with van der Waals surface area (Å²) in [5.41, 5.74) is 1.35. The van der Waals surface area contributed by atoms with Crippen molar-refractivity contribution in [2.24, 2.45) is 0 Å². The molecule has 0 aliphatic heterocycles. The van der Waals surface area contributed by atoms with Crippen LogP contribution in [0, 0.1) is 5.82 Å². The quantitative estimate of drug-likeness (QED) is 0.503. The van der Waals surface area contributed by atoms with E-state index in [-0.39, 0.29) is 17.5 Å². The van der Waals surface area contributed by atoms with Gasteiger partial charge in [-0.3, -0.25) is 0 Å². The van der Waals surface area contributed by atoms with Gasteiger partial charge in [0, 0.05) is 11.6 Å². The molecule has 0 spiro atoms. The Balaban J connectivity index is 1.56. The van der Waals surface area contributed by atoms with Gasteiger partial charge >= 0.3 is 5.97 Å². The normalized spacial score (nSPS) is 11.0. The van der Waals surface area contributed by atoms with Gasteiger partial charge in [-0.2, -0.15) is 0 Å². The van der Waals surface area contributed by atoms with E-state index < -0.39 is 11.8 Å². The number of carbonyl (C=O) groups is 1. The molecule has 0 N–H and O–H groups in total. The Morgan fingerprint density at radius 2 is 2.00 bits per heavy atom. The van der Waals surface area contributed by atoms with Gasteiger partial charge in [-0.05, 0) is 35.9 Å². The Morgan fingerprint density at radius 1 is 1.20 bits per heavy atom. The molecule has 25 heavy (non-hydrogen) atoms. The molecule has 0 saturated heterocycles. The van der Waals surface area contributed by atoms with E-state index in [4.69, 9.17) is 20.8 Å². The first kappa shape index (κ1) is 16.9. The molecule has 0 aliphatic rings. The van der Waals surface area contributed by atoms with Crippen LogP contribution in [-0.2, 0) is 16.1 Å². The van der Waals surface area contributed by atoms with E-state index in [1.165, 1.54) is 30.4 Å². The minimum atomic E-state index is -0.597. The van der Waals surface area contributed by atoms with Crippen molar-refractivity contribution in [3.8, 4) is 11.5 Å². The minimum Gasteiger partial charge on any atom is -0.452 e. The molecule has 0 unspecified atom stereocenters. The Hall–Kier alpha value is -2.99. The summed E-state index contributed by atoms with van der Waals surface area (Å²) < 4.78 is 23.5. The number of carbonyl (C=O) groups excluding carboxylic acids is 1. The number of esters is 1. The van der Waals surface area contributed by atoms with Gasteiger partial charge in [0.05, 0.1) is 5.02 Å². The third kappa shape index (κ3) is 4.51. The molecule has 1 heterocycles. The van der Waals surface area contributed by atoms with Crippen LogP contribution in [-0.4, -0.2) is 16.2 Å². The molecule has 0 atom stereocenters. The van der Waals surface area contributed by atoms with Crippen LogP contribution in [0.25, 0.3) is 17.5 Å². The third-order valence-electron chi connectivity index (χ3n) is 3.18. The van der Waals surface area contributed by atoms with E-state index >= 15 is 0 Å². The average Bonchev–Trinajstić information content (AvgIpc) is 3.11. The fourth-order valence-corrected chi connectivity index (χ4v) is 2.16. The zero-order valence-electron chi connectivity index (χ0n) is 12.9. The van der Waals surface area contributed by atoms with Gasteiger partial charge in [-0.15, -0.1) is 10.2 Å². The summed E-state index contributed by atoms with van der Waals surface area (Å²) in [6, 6.07) is 13.4. The van der Waals surface area contributed by atoms with Crippen molar-refractivity contribution in [3.05, 3.63) is 76.9 Å². The Kier molecular flexibility index (Phi) is 5.20. The molecule has 1 aromatic heterocycles. The molecule has 5 nitrogen and oxygen atoms in total. The van der Waals surface area contributed by atoms with Gasteiger partial charge < -0.3 is 9.15 Å². The molecule has 0 saturated carbocycles. The van der Waals surface area contributed by atoms with Gasteiger partial charge in [-0.25, -0.2) is 9.18 Å². The molecule has 0 fully saturated rings. The van der Waals surface area contributed by atoms with Crippen molar-refractivity contribution in [2.75, 3.05) is 0 Å². The number of aromatic nitrogens is 2. The maximum atomic E-state index is 13.1. The van der Waals surface area contributed by atoms with Crippen LogP contribution < -0.4 is 0 Å². The molecular formula is C18H12ClFN2O3. The van der Waals surface area contributed by atoms with E-state index in [9.17, 15) is 9.18 Å². The minimum absolute atomic E-state index is 0.0187. The smallest absolute Gasteiger partial charge is 0.331 e. The largest absolute Gasteiger partial charge is 0.452 e. The van der Waals surface area contributed by atoms with Crippen LogP contribution in [0.5, 0.6) is 0 Å². The number of rotatable bonds is 5. The summed E-state index contributed by atoms with van der Waals surface area (Å²) in [5, 5.41) is 7.71. The lowest BCUT2D eigenvalue weighted by atomic mass is 10.2. The summed E-state index contributed by atoms with van der Waals surface area (Å²) in [4.78, 5) is 11.7. The van der Waals surface area contributed by atoms with Gasteiger partial charge in [0.2, 0.25) is 5.89 Å². The molecule has 3 rings (SSSR count). The van der Waals surface area contributed by atoms with Gasteiger partial charge in [0.15, 0.2) is 6.61 Å². The number of halogens is 2. The lowest BCUT2D eigenvalue weighted by Gasteiger charge is -1.98. The summed E-state index contributed by atoms with van der Waals surface area (Å²) in [6.07, 6.45) is 2.68. The summed E-state index contributed by atoms with van der Waals surface area (Å²) in [7, 11) is 0. The van der Waals surface area contributed by atoms with Crippen molar-refractivity contribution in [3.63, 3.8) is 0 Å². The van der Waals surface area contributed by atoms with Crippen LogP contribution in [0.3, 0.4) is 0 Å². The summed E-state index contributed by atoms with van der Waals surface area (Å²) >= 11 is 5.67. The van der Waals surface area contributed by atoms with Crippen LogP contribution in [0.2, 0.25) is 5.02 Å². The van der Waals surface area contributed by atoms with Gasteiger partial charge in [0.25, 0.3) is 5.89 Å². The predicted molar refractivity (Wildman–Crippen MR) is 90.0 cm³/mol. The zero-order valence-corrected chi connectivity index (χ0v) is 13.6. The first-order valence-electron chi connectivity index (χ1n) is 7.29. The lowest BCUT2D eigenvalue weighted by Crippen LogP contribution is -2.00. The highest BCUT2D eigenvalue weighted by Crippen LogP contribution is 2.18. The molecule has 0 radical (unpaired) electrons. The number of nitrogens with zero attached hydrogens (tertiary/aromatic N) is 2. The van der Waals surface area contributed by atoms with Crippen molar-refractivity contribution in [2.45, 2.75) is 6.61 Å². The zero-order chi connectivity index (χ0) is 17.6. The van der Waals surface area contributed by atoms with Crippen molar-refractivity contribution in [1.29, 1.82) is 0 Å². The molecule has 0 bridgehead atoms. The molecule has 2 aromatic carbocycles. The highest BCUT2D eigenvalue weighted by molar-refractivity contribution is 6.30. The fourth-order valence-electron chi connectivity index (χ4n) is 1.97.